The maximum absolute atomic E-state index is 12.3. The van der Waals surface area contributed by atoms with Crippen LogP contribution in [0.2, 0.25) is 0 Å². The molecule has 1 aliphatic heterocycles. The van der Waals surface area contributed by atoms with Crippen LogP contribution in [0.3, 0.4) is 0 Å². The predicted molar refractivity (Wildman–Crippen MR) is 87.8 cm³/mol. The first-order valence-electron chi connectivity index (χ1n) is 7.00. The SMILES string of the molecule is CN1CCCCC1CNS(=O)(=O)c1cccc(C(N)=S)c1. The molecule has 1 saturated heterocycles. The molecule has 0 aliphatic carbocycles. The Balaban J connectivity index is 2.07. The topological polar surface area (TPSA) is 75.4 Å². The summed E-state index contributed by atoms with van der Waals surface area (Å²) in [7, 11) is -1.50. The van der Waals surface area contributed by atoms with Crippen LogP contribution in [-0.4, -0.2) is 44.5 Å². The number of likely N-dealkylation sites (N-methyl/N-ethyl adjacent to an activating group) is 1. The number of rotatable bonds is 5. The first-order valence-corrected chi connectivity index (χ1v) is 8.89. The fourth-order valence-electron chi connectivity index (χ4n) is 2.51. The maximum atomic E-state index is 12.3. The van der Waals surface area contributed by atoms with E-state index in [9.17, 15) is 8.42 Å². The summed E-state index contributed by atoms with van der Waals surface area (Å²) in [6.45, 7) is 1.44. The minimum absolute atomic E-state index is 0.194. The van der Waals surface area contributed by atoms with Crippen molar-refractivity contribution in [1.82, 2.24) is 9.62 Å². The molecule has 7 heteroatoms. The summed E-state index contributed by atoms with van der Waals surface area (Å²) in [5, 5.41) is 0. The van der Waals surface area contributed by atoms with Gasteiger partial charge in [0.2, 0.25) is 10.0 Å². The van der Waals surface area contributed by atoms with Gasteiger partial charge in [0.05, 0.1) is 4.90 Å². The predicted octanol–water partition coefficient (Wildman–Crippen LogP) is 1.08. The summed E-state index contributed by atoms with van der Waals surface area (Å²) in [5.41, 5.74) is 6.10. The summed E-state index contributed by atoms with van der Waals surface area (Å²) < 4.78 is 27.4. The Morgan fingerprint density at radius 3 is 2.90 bits per heavy atom. The quantitative estimate of drug-likeness (QED) is 0.792. The van der Waals surface area contributed by atoms with Gasteiger partial charge >= 0.3 is 0 Å². The molecule has 0 radical (unpaired) electrons. The number of thiocarbonyl (C=S) groups is 1. The van der Waals surface area contributed by atoms with Gasteiger partial charge in [0, 0.05) is 18.2 Å². The van der Waals surface area contributed by atoms with E-state index in [-0.39, 0.29) is 15.9 Å². The first kappa shape index (κ1) is 16.4. The highest BCUT2D eigenvalue weighted by Gasteiger charge is 2.22. The van der Waals surface area contributed by atoms with Crippen molar-refractivity contribution in [3.8, 4) is 0 Å². The van der Waals surface area contributed by atoms with Crippen LogP contribution in [0.4, 0.5) is 0 Å². The van der Waals surface area contributed by atoms with Crippen molar-refractivity contribution in [2.45, 2.75) is 30.2 Å². The number of piperidine rings is 1. The Hall–Kier alpha value is -1.02. The van der Waals surface area contributed by atoms with Crippen molar-refractivity contribution >= 4 is 27.2 Å². The van der Waals surface area contributed by atoms with Gasteiger partial charge in [-0.3, -0.25) is 0 Å². The van der Waals surface area contributed by atoms with Gasteiger partial charge in [-0.2, -0.15) is 0 Å². The molecule has 0 bridgehead atoms. The van der Waals surface area contributed by atoms with Crippen molar-refractivity contribution in [2.24, 2.45) is 5.73 Å². The van der Waals surface area contributed by atoms with E-state index in [0.29, 0.717) is 12.1 Å². The zero-order valence-electron chi connectivity index (χ0n) is 12.1. The molecule has 1 heterocycles. The summed E-state index contributed by atoms with van der Waals surface area (Å²) >= 11 is 4.88. The lowest BCUT2D eigenvalue weighted by molar-refractivity contribution is 0.187. The van der Waals surface area contributed by atoms with Gasteiger partial charge in [-0.05, 0) is 38.6 Å². The third-order valence-electron chi connectivity index (χ3n) is 3.86. The summed E-state index contributed by atoms with van der Waals surface area (Å²) in [6.07, 6.45) is 3.34. The lowest BCUT2D eigenvalue weighted by atomic mass is 10.0. The van der Waals surface area contributed by atoms with Crippen molar-refractivity contribution < 1.29 is 8.42 Å². The minimum atomic E-state index is -3.53. The molecule has 1 aromatic carbocycles. The Labute approximate surface area is 131 Å². The van der Waals surface area contributed by atoms with Crippen molar-refractivity contribution in [1.29, 1.82) is 0 Å². The summed E-state index contributed by atoms with van der Waals surface area (Å²) in [4.78, 5) is 2.60. The average molecular weight is 327 g/mol. The Kier molecular flexibility index (Phi) is 5.32. The second-order valence-corrected chi connectivity index (χ2v) is 7.58. The van der Waals surface area contributed by atoms with Crippen LogP contribution in [0, 0.1) is 0 Å². The Morgan fingerprint density at radius 2 is 2.24 bits per heavy atom. The highest BCUT2D eigenvalue weighted by atomic mass is 32.2. The molecule has 0 aromatic heterocycles. The molecule has 0 amide bonds. The molecular weight excluding hydrogens is 306 g/mol. The van der Waals surface area contributed by atoms with E-state index in [4.69, 9.17) is 18.0 Å². The molecule has 1 fully saturated rings. The zero-order chi connectivity index (χ0) is 15.5. The second-order valence-electron chi connectivity index (χ2n) is 5.37. The third kappa shape index (κ3) is 4.23. The standard InChI is InChI=1S/C14H21N3O2S2/c1-17-8-3-2-6-12(17)10-16-21(18,19)13-7-4-5-11(9-13)14(15)20/h4-5,7,9,12,16H,2-3,6,8,10H2,1H3,(H2,15,20). The highest BCUT2D eigenvalue weighted by molar-refractivity contribution is 7.89. The van der Waals surface area contributed by atoms with E-state index >= 15 is 0 Å². The van der Waals surface area contributed by atoms with Gasteiger partial charge in [0.15, 0.2) is 0 Å². The van der Waals surface area contributed by atoms with E-state index in [2.05, 4.69) is 9.62 Å². The summed E-state index contributed by atoms with van der Waals surface area (Å²) in [6, 6.07) is 6.67. The first-order chi connectivity index (χ1) is 9.90. The summed E-state index contributed by atoms with van der Waals surface area (Å²) in [5.74, 6) is 0. The van der Waals surface area contributed by atoms with Crippen LogP contribution in [-0.2, 0) is 10.0 Å². The second kappa shape index (κ2) is 6.83. The fourth-order valence-corrected chi connectivity index (χ4v) is 3.75. The number of nitrogens with zero attached hydrogens (tertiary/aromatic N) is 1. The van der Waals surface area contributed by atoms with Gasteiger partial charge < -0.3 is 10.6 Å². The Bertz CT molecular complexity index is 616. The molecule has 5 nitrogen and oxygen atoms in total. The van der Waals surface area contributed by atoms with Crippen LogP contribution in [0.25, 0.3) is 0 Å². The number of nitrogens with one attached hydrogen (secondary N) is 1. The number of nitrogens with two attached hydrogens (primary N) is 1. The fraction of sp³-hybridized carbons (Fsp3) is 0.500. The molecule has 1 aromatic rings. The maximum Gasteiger partial charge on any atom is 0.240 e. The highest BCUT2D eigenvalue weighted by Crippen LogP contribution is 2.16. The van der Waals surface area contributed by atoms with E-state index in [1.165, 1.54) is 12.5 Å². The molecule has 116 valence electrons. The largest absolute Gasteiger partial charge is 0.389 e. The van der Waals surface area contributed by atoms with Crippen LogP contribution >= 0.6 is 12.2 Å². The van der Waals surface area contributed by atoms with E-state index < -0.39 is 10.0 Å². The molecule has 1 aliphatic rings. The number of likely N-dealkylation sites (tertiary alicyclic amines) is 1. The molecule has 1 atom stereocenters. The molecule has 2 rings (SSSR count). The van der Waals surface area contributed by atoms with E-state index in [0.717, 1.165) is 19.4 Å². The Morgan fingerprint density at radius 1 is 1.48 bits per heavy atom. The van der Waals surface area contributed by atoms with Crippen molar-refractivity contribution in [3.63, 3.8) is 0 Å². The number of hydrogen-bond donors (Lipinski definition) is 2. The van der Waals surface area contributed by atoms with Gasteiger partial charge in [-0.1, -0.05) is 30.8 Å². The van der Waals surface area contributed by atoms with E-state index in [1.807, 2.05) is 7.05 Å². The van der Waals surface area contributed by atoms with Crippen LogP contribution in [0.1, 0.15) is 24.8 Å². The van der Waals surface area contributed by atoms with Crippen LogP contribution in [0.15, 0.2) is 29.2 Å². The molecular formula is C14H21N3O2S2. The van der Waals surface area contributed by atoms with Gasteiger partial charge in [0.1, 0.15) is 4.99 Å². The van der Waals surface area contributed by atoms with Gasteiger partial charge in [0.25, 0.3) is 0 Å². The molecule has 0 saturated carbocycles. The third-order valence-corrected chi connectivity index (χ3v) is 5.52. The lowest BCUT2D eigenvalue weighted by Gasteiger charge is -2.32. The minimum Gasteiger partial charge on any atom is -0.389 e. The van der Waals surface area contributed by atoms with E-state index in [1.54, 1.807) is 18.2 Å². The van der Waals surface area contributed by atoms with Crippen molar-refractivity contribution in [2.75, 3.05) is 20.1 Å². The normalized spacial score (nSPS) is 20.3. The molecule has 0 spiro atoms. The number of hydrogen-bond acceptors (Lipinski definition) is 4. The number of sulfonamides is 1. The zero-order valence-corrected chi connectivity index (χ0v) is 13.7. The smallest absolute Gasteiger partial charge is 0.240 e. The molecule has 3 N–H and O–H groups in total. The van der Waals surface area contributed by atoms with Crippen LogP contribution in [0.5, 0.6) is 0 Å². The van der Waals surface area contributed by atoms with Crippen molar-refractivity contribution in [3.05, 3.63) is 29.8 Å². The van der Waals surface area contributed by atoms with Gasteiger partial charge in [-0.15, -0.1) is 0 Å². The molecule has 1 unspecified atom stereocenters. The lowest BCUT2D eigenvalue weighted by Crippen LogP contribution is -2.44. The van der Waals surface area contributed by atoms with Crippen LogP contribution < -0.4 is 10.5 Å². The average Bonchev–Trinajstić information content (AvgIpc) is 2.46. The molecule has 21 heavy (non-hydrogen) atoms. The monoisotopic (exact) mass is 327 g/mol. The number of benzene rings is 1. The van der Waals surface area contributed by atoms with Gasteiger partial charge in [-0.25, -0.2) is 13.1 Å².